The summed E-state index contributed by atoms with van der Waals surface area (Å²) in [6.07, 6.45) is 0.745. The summed E-state index contributed by atoms with van der Waals surface area (Å²) >= 11 is 2.20. The van der Waals surface area contributed by atoms with E-state index >= 15 is 0 Å². The lowest BCUT2D eigenvalue weighted by atomic mass is 9.92. The van der Waals surface area contributed by atoms with E-state index in [9.17, 15) is 9.59 Å². The summed E-state index contributed by atoms with van der Waals surface area (Å²) < 4.78 is 0.935. The summed E-state index contributed by atoms with van der Waals surface area (Å²) in [5, 5.41) is 8.36. The first-order valence-corrected chi connectivity index (χ1v) is 9.43. The Bertz CT molecular complexity index is 1090. The molecule has 3 aromatic rings. The molecule has 2 aromatic carbocycles. The third kappa shape index (κ3) is 2.00. The Morgan fingerprint density at radius 3 is 2.96 bits per heavy atom. The van der Waals surface area contributed by atoms with Gasteiger partial charge >= 0.3 is 0 Å². The molecule has 0 radical (unpaired) electrons. The van der Waals surface area contributed by atoms with Crippen molar-refractivity contribution in [3.63, 3.8) is 0 Å². The van der Waals surface area contributed by atoms with Gasteiger partial charge in [-0.05, 0) is 58.3 Å². The monoisotopic (exact) mass is 458 g/mol. The second-order valence-corrected chi connectivity index (χ2v) is 7.94. The van der Waals surface area contributed by atoms with E-state index < -0.39 is 11.3 Å². The Balaban J connectivity index is 1.59. The zero-order valence-corrected chi connectivity index (χ0v) is 15.9. The molecule has 2 heterocycles. The van der Waals surface area contributed by atoms with E-state index in [1.165, 1.54) is 4.90 Å². The quantitative estimate of drug-likeness (QED) is 0.591. The molecule has 2 aliphatic rings. The highest BCUT2D eigenvalue weighted by molar-refractivity contribution is 14.1. The number of fused-ring (bicyclic) bond motifs is 3. The molecule has 1 aliphatic heterocycles. The summed E-state index contributed by atoms with van der Waals surface area (Å²) in [5.74, 6) is -0.433. The molecular formula is C19H15IN4O2. The maximum atomic E-state index is 13.2. The molecule has 2 amide bonds. The number of carbonyl (C=O) groups is 2. The average molecular weight is 458 g/mol. The highest BCUT2D eigenvalue weighted by Crippen LogP contribution is 2.66. The van der Waals surface area contributed by atoms with Crippen LogP contribution in [0.3, 0.4) is 0 Å². The average Bonchev–Trinajstić information content (AvgIpc) is 3.23. The van der Waals surface area contributed by atoms with Gasteiger partial charge in [0.15, 0.2) is 0 Å². The third-order valence-corrected chi connectivity index (χ3v) is 6.34. The van der Waals surface area contributed by atoms with Gasteiger partial charge in [0.2, 0.25) is 11.8 Å². The van der Waals surface area contributed by atoms with Crippen LogP contribution in [0.1, 0.15) is 23.5 Å². The number of aromatic amines is 1. The smallest absolute Gasteiger partial charge is 0.238 e. The van der Waals surface area contributed by atoms with Crippen molar-refractivity contribution < 1.29 is 9.59 Å². The number of primary amides is 1. The van der Waals surface area contributed by atoms with Gasteiger partial charge in [-0.15, -0.1) is 0 Å². The number of H-pyrrole nitrogens is 1. The first-order chi connectivity index (χ1) is 12.5. The molecule has 1 spiro atoms. The Kier molecular flexibility index (Phi) is 3.22. The van der Waals surface area contributed by atoms with E-state index in [1.54, 1.807) is 0 Å². The maximum absolute atomic E-state index is 13.2. The topological polar surface area (TPSA) is 92.1 Å². The summed E-state index contributed by atoms with van der Waals surface area (Å²) in [5.41, 5.74) is 8.67. The lowest BCUT2D eigenvalue weighted by molar-refractivity contribution is -0.123. The van der Waals surface area contributed by atoms with E-state index in [1.807, 2.05) is 24.3 Å². The fourth-order valence-electron chi connectivity index (χ4n) is 4.28. The molecule has 2 unspecified atom stereocenters. The number of para-hydroxylation sites is 1. The van der Waals surface area contributed by atoms with Gasteiger partial charge in [-0.3, -0.25) is 14.7 Å². The van der Waals surface area contributed by atoms with E-state index in [4.69, 9.17) is 5.73 Å². The zero-order chi connectivity index (χ0) is 18.1. The molecular weight excluding hydrogens is 443 g/mol. The number of rotatable bonds is 3. The van der Waals surface area contributed by atoms with Gasteiger partial charge in [0, 0.05) is 17.0 Å². The third-order valence-electron chi connectivity index (χ3n) is 5.52. The fraction of sp³-hybridized carbons (Fsp3) is 0.211. The van der Waals surface area contributed by atoms with Gasteiger partial charge < -0.3 is 10.6 Å². The number of anilines is 1. The number of nitrogens with zero attached hydrogens (tertiary/aromatic N) is 2. The van der Waals surface area contributed by atoms with Crippen molar-refractivity contribution >= 4 is 51.0 Å². The normalized spacial score (nSPS) is 23.7. The summed E-state index contributed by atoms with van der Waals surface area (Å²) in [6.45, 7) is -0.0813. The van der Waals surface area contributed by atoms with Crippen molar-refractivity contribution in [3.05, 3.63) is 57.3 Å². The van der Waals surface area contributed by atoms with Crippen LogP contribution >= 0.6 is 22.6 Å². The van der Waals surface area contributed by atoms with Crippen LogP contribution in [0.2, 0.25) is 0 Å². The minimum absolute atomic E-state index is 0.0261. The van der Waals surface area contributed by atoms with E-state index in [-0.39, 0.29) is 18.4 Å². The van der Waals surface area contributed by atoms with Crippen molar-refractivity contribution in [2.45, 2.75) is 17.8 Å². The zero-order valence-electron chi connectivity index (χ0n) is 13.7. The summed E-state index contributed by atoms with van der Waals surface area (Å²) in [6, 6.07) is 13.9. The first-order valence-electron chi connectivity index (χ1n) is 8.35. The Labute approximate surface area is 162 Å². The summed E-state index contributed by atoms with van der Waals surface area (Å²) in [4.78, 5) is 26.2. The lowest BCUT2D eigenvalue weighted by Crippen LogP contribution is -2.39. The highest BCUT2D eigenvalue weighted by Gasteiger charge is 2.67. The number of nitrogens with one attached hydrogen (secondary N) is 1. The van der Waals surface area contributed by atoms with Gasteiger partial charge in [-0.25, -0.2) is 0 Å². The van der Waals surface area contributed by atoms with Crippen molar-refractivity contribution in [3.8, 4) is 0 Å². The molecule has 1 fully saturated rings. The summed E-state index contributed by atoms with van der Waals surface area (Å²) in [7, 11) is 0. The fourth-order valence-corrected chi connectivity index (χ4v) is 4.88. The van der Waals surface area contributed by atoms with Crippen LogP contribution in [-0.2, 0) is 15.0 Å². The molecule has 0 saturated heterocycles. The van der Waals surface area contributed by atoms with Gasteiger partial charge in [-0.1, -0.05) is 24.3 Å². The molecule has 6 nitrogen and oxygen atoms in total. The van der Waals surface area contributed by atoms with Crippen LogP contribution in [0.15, 0.2) is 42.5 Å². The minimum atomic E-state index is -0.576. The number of hydrogen-bond acceptors (Lipinski definition) is 3. The highest BCUT2D eigenvalue weighted by atomic mass is 127. The predicted octanol–water partition coefficient (Wildman–Crippen LogP) is 2.42. The van der Waals surface area contributed by atoms with Crippen LogP contribution in [-0.4, -0.2) is 28.6 Å². The number of halogens is 1. The van der Waals surface area contributed by atoms with Gasteiger partial charge in [0.1, 0.15) is 10.2 Å². The molecule has 0 bridgehead atoms. The van der Waals surface area contributed by atoms with Crippen molar-refractivity contribution in [1.29, 1.82) is 0 Å². The molecule has 1 aliphatic carbocycles. The molecule has 26 heavy (non-hydrogen) atoms. The van der Waals surface area contributed by atoms with Crippen LogP contribution in [0, 0.1) is 3.70 Å². The van der Waals surface area contributed by atoms with E-state index in [0.717, 1.165) is 37.8 Å². The molecule has 2 atom stereocenters. The van der Waals surface area contributed by atoms with Crippen LogP contribution < -0.4 is 10.6 Å². The Morgan fingerprint density at radius 1 is 1.35 bits per heavy atom. The number of aromatic nitrogens is 2. The molecule has 7 heteroatoms. The van der Waals surface area contributed by atoms with Gasteiger partial charge in [0.25, 0.3) is 0 Å². The van der Waals surface area contributed by atoms with Crippen molar-refractivity contribution in [2.75, 3.05) is 11.4 Å². The van der Waals surface area contributed by atoms with Crippen LogP contribution in [0.25, 0.3) is 10.9 Å². The first kappa shape index (κ1) is 15.8. The Hall–Kier alpha value is -2.42. The van der Waals surface area contributed by atoms with E-state index in [2.05, 4.69) is 51.0 Å². The van der Waals surface area contributed by atoms with Crippen LogP contribution in [0.4, 0.5) is 5.69 Å². The number of amides is 2. The lowest BCUT2D eigenvalue weighted by Gasteiger charge is -2.16. The van der Waals surface area contributed by atoms with Gasteiger partial charge in [-0.2, -0.15) is 5.10 Å². The molecule has 5 rings (SSSR count). The SMILES string of the molecule is NC(=O)CN1C(=O)C2(CC2c2ccc3c(I)n[nH]c3c2)c2ccccc21. The standard InChI is InChI=1S/C19H15IN4O2/c20-17-11-6-5-10(7-14(11)22-23-17)13-8-19(13)12-3-1-2-4-15(12)24(18(19)26)9-16(21)25/h1-7,13H,8-9H2,(H2,21,25)(H,22,23). The van der Waals surface area contributed by atoms with Crippen molar-refractivity contribution in [2.24, 2.45) is 5.73 Å². The van der Waals surface area contributed by atoms with Crippen molar-refractivity contribution in [1.82, 2.24) is 10.2 Å². The number of hydrogen-bond donors (Lipinski definition) is 2. The maximum Gasteiger partial charge on any atom is 0.238 e. The molecule has 1 aromatic heterocycles. The molecule has 130 valence electrons. The van der Waals surface area contributed by atoms with Crippen LogP contribution in [0.5, 0.6) is 0 Å². The van der Waals surface area contributed by atoms with E-state index in [0.29, 0.717) is 0 Å². The second kappa shape index (κ2) is 5.29. The largest absolute Gasteiger partial charge is 0.368 e. The predicted molar refractivity (Wildman–Crippen MR) is 106 cm³/mol. The second-order valence-electron chi connectivity index (χ2n) is 6.92. The minimum Gasteiger partial charge on any atom is -0.368 e. The number of carbonyl (C=O) groups excluding carboxylic acids is 2. The number of nitrogens with two attached hydrogens (primary N) is 1. The number of benzene rings is 2. The Morgan fingerprint density at radius 2 is 2.15 bits per heavy atom. The molecule has 3 N–H and O–H groups in total. The van der Waals surface area contributed by atoms with Gasteiger partial charge in [0.05, 0.1) is 10.9 Å². The molecule has 1 saturated carbocycles.